The number of methoxy groups -OCH3 is 1. The highest BCUT2D eigenvalue weighted by Crippen LogP contribution is 2.28. The maximum Gasteiger partial charge on any atom is 0.322 e. The zero-order chi connectivity index (χ0) is 20.1. The van der Waals surface area contributed by atoms with Crippen molar-refractivity contribution in [1.82, 2.24) is 9.80 Å². The van der Waals surface area contributed by atoms with Crippen LogP contribution in [0.1, 0.15) is 32.6 Å². The summed E-state index contributed by atoms with van der Waals surface area (Å²) in [5.41, 5.74) is 0. The summed E-state index contributed by atoms with van der Waals surface area (Å²) in [7, 11) is 1.46. The zero-order valence-corrected chi connectivity index (χ0v) is 18.2. The minimum Gasteiger partial charge on any atom is -0.490 e. The van der Waals surface area contributed by atoms with Crippen LogP contribution in [0.25, 0.3) is 0 Å². The highest BCUT2D eigenvalue weighted by Gasteiger charge is 2.29. The molecule has 0 radical (unpaired) electrons. The van der Waals surface area contributed by atoms with Crippen molar-refractivity contribution in [3.63, 3.8) is 0 Å². The molecule has 7 heteroatoms. The van der Waals surface area contributed by atoms with Crippen LogP contribution in [-0.2, 0) is 9.53 Å². The molecule has 1 aromatic rings. The van der Waals surface area contributed by atoms with Gasteiger partial charge in [0, 0.05) is 25.7 Å². The summed E-state index contributed by atoms with van der Waals surface area (Å²) in [6, 6.07) is 5.31. The summed E-state index contributed by atoms with van der Waals surface area (Å²) in [5, 5.41) is 1.08. The van der Waals surface area contributed by atoms with Crippen molar-refractivity contribution >= 4 is 29.2 Å². The molecule has 0 saturated carbocycles. The van der Waals surface area contributed by atoms with Gasteiger partial charge >= 0.3 is 5.97 Å². The lowest BCUT2D eigenvalue weighted by Crippen LogP contribution is -2.47. The van der Waals surface area contributed by atoms with Crippen LogP contribution in [0, 0.1) is 5.92 Å². The molecule has 1 aromatic carbocycles. The van der Waals surface area contributed by atoms with Gasteiger partial charge in [0.1, 0.15) is 17.9 Å². The van der Waals surface area contributed by atoms with Crippen LogP contribution < -0.4 is 4.74 Å². The number of piperidine rings is 2. The van der Waals surface area contributed by atoms with Gasteiger partial charge in [-0.2, -0.15) is 0 Å². The normalized spacial score (nSPS) is 21.4. The van der Waals surface area contributed by atoms with E-state index in [1.165, 1.54) is 7.11 Å². The van der Waals surface area contributed by atoms with E-state index in [4.69, 9.17) is 32.7 Å². The second-order valence-corrected chi connectivity index (χ2v) is 8.69. The lowest BCUT2D eigenvalue weighted by atomic mass is 9.94. The summed E-state index contributed by atoms with van der Waals surface area (Å²) in [6.07, 6.45) is 4.56. The van der Waals surface area contributed by atoms with Crippen molar-refractivity contribution in [1.29, 1.82) is 0 Å². The Morgan fingerprint density at radius 1 is 1.11 bits per heavy atom. The van der Waals surface area contributed by atoms with Gasteiger partial charge < -0.3 is 14.4 Å². The summed E-state index contributed by atoms with van der Waals surface area (Å²) in [6.45, 7) is 7.13. The molecule has 0 spiro atoms. The molecule has 1 atom stereocenters. The number of likely N-dealkylation sites (tertiary alicyclic amines) is 2. The van der Waals surface area contributed by atoms with Gasteiger partial charge in [0.2, 0.25) is 0 Å². The Kier molecular flexibility index (Phi) is 7.86. The molecule has 2 saturated heterocycles. The first-order valence-electron chi connectivity index (χ1n) is 10.1. The number of benzene rings is 1. The van der Waals surface area contributed by atoms with Gasteiger partial charge in [-0.3, -0.25) is 9.69 Å². The molecule has 0 amide bonds. The molecule has 2 fully saturated rings. The molecule has 28 heavy (non-hydrogen) atoms. The van der Waals surface area contributed by atoms with Gasteiger partial charge in [-0.15, -0.1) is 0 Å². The lowest BCUT2D eigenvalue weighted by Gasteiger charge is -2.38. The number of rotatable bonds is 6. The topological polar surface area (TPSA) is 42.0 Å². The second-order valence-electron chi connectivity index (χ2n) is 7.87. The molecule has 5 nitrogen and oxygen atoms in total. The largest absolute Gasteiger partial charge is 0.490 e. The van der Waals surface area contributed by atoms with Gasteiger partial charge in [0.05, 0.1) is 17.2 Å². The van der Waals surface area contributed by atoms with E-state index in [0.717, 1.165) is 64.2 Å². The Morgan fingerprint density at radius 2 is 1.79 bits per heavy atom. The highest BCUT2D eigenvalue weighted by atomic mass is 35.5. The predicted octanol–water partition coefficient (Wildman–Crippen LogP) is 4.11. The molecule has 3 rings (SSSR count). The molecule has 2 aliphatic heterocycles. The third-order valence-corrected chi connectivity index (χ3v) is 6.72. The monoisotopic (exact) mass is 428 g/mol. The van der Waals surface area contributed by atoms with E-state index in [1.54, 1.807) is 12.1 Å². The van der Waals surface area contributed by atoms with Crippen molar-refractivity contribution in [2.45, 2.75) is 44.8 Å². The number of ether oxygens (including phenoxy) is 2. The average molecular weight is 429 g/mol. The summed E-state index contributed by atoms with van der Waals surface area (Å²) in [4.78, 5) is 16.5. The van der Waals surface area contributed by atoms with Crippen LogP contribution in [0.4, 0.5) is 0 Å². The van der Waals surface area contributed by atoms with E-state index in [0.29, 0.717) is 16.0 Å². The SMILES string of the molecule is COC(=O)[C@@H](C)N1CCC(CN2CCC(Oc3ccc(Cl)c(Cl)c3)CC2)CC1. The molecule has 156 valence electrons. The Bertz CT molecular complexity index is 657. The third-order valence-electron chi connectivity index (χ3n) is 5.98. The third kappa shape index (κ3) is 5.76. The molecule has 0 bridgehead atoms. The molecule has 0 N–H and O–H groups in total. The quantitative estimate of drug-likeness (QED) is 0.637. The zero-order valence-electron chi connectivity index (χ0n) is 16.7. The fourth-order valence-corrected chi connectivity index (χ4v) is 4.45. The Morgan fingerprint density at radius 3 is 2.39 bits per heavy atom. The number of nitrogens with zero attached hydrogens (tertiary/aromatic N) is 2. The Hall–Kier alpha value is -1.01. The molecule has 0 aromatic heterocycles. The smallest absolute Gasteiger partial charge is 0.322 e. The number of esters is 1. The summed E-state index contributed by atoms with van der Waals surface area (Å²) >= 11 is 12.0. The van der Waals surface area contributed by atoms with Crippen LogP contribution in [0.5, 0.6) is 5.75 Å². The molecule has 2 heterocycles. The van der Waals surface area contributed by atoms with Crippen LogP contribution in [0.15, 0.2) is 18.2 Å². The minimum atomic E-state index is -0.139. The fourth-order valence-electron chi connectivity index (χ4n) is 4.16. The molecule has 0 aliphatic carbocycles. The van der Waals surface area contributed by atoms with Gasteiger partial charge in [-0.25, -0.2) is 0 Å². The lowest BCUT2D eigenvalue weighted by molar-refractivity contribution is -0.146. The number of carbonyl (C=O) groups is 1. The Labute approximate surface area is 177 Å². The highest BCUT2D eigenvalue weighted by molar-refractivity contribution is 6.42. The predicted molar refractivity (Wildman–Crippen MR) is 112 cm³/mol. The van der Waals surface area contributed by atoms with Crippen LogP contribution in [0.2, 0.25) is 10.0 Å². The van der Waals surface area contributed by atoms with Crippen LogP contribution in [0.3, 0.4) is 0 Å². The number of hydrogen-bond donors (Lipinski definition) is 0. The second kappa shape index (κ2) is 10.1. The van der Waals surface area contributed by atoms with E-state index in [9.17, 15) is 4.79 Å². The first-order chi connectivity index (χ1) is 13.5. The van der Waals surface area contributed by atoms with Gasteiger partial charge in [0.15, 0.2) is 0 Å². The van der Waals surface area contributed by atoms with E-state index in [2.05, 4.69) is 9.80 Å². The molecular formula is C21H30Cl2N2O3. The Balaban J connectivity index is 1.38. The minimum absolute atomic E-state index is 0.137. The molecule has 2 aliphatic rings. The van der Waals surface area contributed by atoms with Crippen LogP contribution >= 0.6 is 23.2 Å². The van der Waals surface area contributed by atoms with E-state index >= 15 is 0 Å². The van der Waals surface area contributed by atoms with Crippen molar-refractivity contribution < 1.29 is 14.3 Å². The van der Waals surface area contributed by atoms with Crippen molar-refractivity contribution in [2.75, 3.05) is 39.8 Å². The number of carbonyl (C=O) groups excluding carboxylic acids is 1. The first kappa shape index (κ1) is 21.7. The number of hydrogen-bond acceptors (Lipinski definition) is 5. The number of halogens is 2. The van der Waals surface area contributed by atoms with Crippen molar-refractivity contribution in [3.05, 3.63) is 28.2 Å². The van der Waals surface area contributed by atoms with E-state index < -0.39 is 0 Å². The van der Waals surface area contributed by atoms with E-state index in [1.807, 2.05) is 13.0 Å². The summed E-state index contributed by atoms with van der Waals surface area (Å²) in [5.74, 6) is 1.36. The van der Waals surface area contributed by atoms with Crippen molar-refractivity contribution in [3.8, 4) is 5.75 Å². The van der Waals surface area contributed by atoms with E-state index in [-0.39, 0.29) is 18.1 Å². The fraction of sp³-hybridized carbons (Fsp3) is 0.667. The summed E-state index contributed by atoms with van der Waals surface area (Å²) < 4.78 is 10.9. The first-order valence-corrected chi connectivity index (χ1v) is 10.9. The molecule has 0 unspecified atom stereocenters. The maximum atomic E-state index is 11.7. The van der Waals surface area contributed by atoms with Gasteiger partial charge in [-0.05, 0) is 63.7 Å². The average Bonchev–Trinajstić information content (AvgIpc) is 2.71. The van der Waals surface area contributed by atoms with Crippen molar-refractivity contribution in [2.24, 2.45) is 5.92 Å². The van der Waals surface area contributed by atoms with Crippen LogP contribution in [-0.4, -0.2) is 67.7 Å². The maximum absolute atomic E-state index is 11.7. The molecular weight excluding hydrogens is 399 g/mol. The van der Waals surface area contributed by atoms with Gasteiger partial charge in [0.25, 0.3) is 0 Å². The standard InChI is InChI=1S/C21H30Cl2N2O3/c1-15(21(26)27-2)25-11-5-16(6-12-25)14-24-9-7-17(8-10-24)28-18-3-4-19(22)20(23)13-18/h3-4,13,15-17H,5-12,14H2,1-2H3/t15-/m1/s1. The van der Waals surface area contributed by atoms with Gasteiger partial charge in [-0.1, -0.05) is 23.2 Å².